The molecule has 0 spiro atoms. The number of carboxylic acids is 2. The molecule has 8 nitrogen and oxygen atoms in total. The molecule has 0 saturated heterocycles. The van der Waals surface area contributed by atoms with Gasteiger partial charge in [0.25, 0.3) is 0 Å². The zero-order valence-electron chi connectivity index (χ0n) is 12.7. The minimum absolute atomic E-state index is 0.0398. The molecule has 0 aliphatic carbocycles. The molecule has 21 heavy (non-hydrogen) atoms. The fourth-order valence-electron chi connectivity index (χ4n) is 1.32. The van der Waals surface area contributed by atoms with Crippen LogP contribution in [0.4, 0.5) is 4.79 Å². The number of amides is 1. The normalized spacial score (nSPS) is 13.4. The van der Waals surface area contributed by atoms with Crippen LogP contribution in [-0.2, 0) is 14.3 Å². The van der Waals surface area contributed by atoms with Crippen molar-refractivity contribution in [3.05, 3.63) is 0 Å². The van der Waals surface area contributed by atoms with Gasteiger partial charge >= 0.3 is 18.0 Å². The van der Waals surface area contributed by atoms with E-state index in [9.17, 15) is 14.4 Å². The summed E-state index contributed by atoms with van der Waals surface area (Å²) in [5.41, 5.74) is -0.752. The molecule has 1 amide bonds. The number of rotatable bonds is 7. The first-order valence-corrected chi connectivity index (χ1v) is 6.49. The number of carboxylic acid groups (broad SMARTS) is 2. The van der Waals surface area contributed by atoms with Crippen LogP contribution in [0.5, 0.6) is 0 Å². The number of nitrogens with zero attached hydrogens (tertiary/aromatic N) is 1. The standard InChI is InChI=1S/C13H22N2O6/c1-8(10(16)17)14-7-5-6-9(11(18)19)15-12(20)21-13(2,3)4/h9H,5-7H2,1-4H3,(H,15,20)(H,16,17)(H,18,19)/t9-/m0/s1. The van der Waals surface area contributed by atoms with Crippen molar-refractivity contribution >= 4 is 23.7 Å². The lowest BCUT2D eigenvalue weighted by Crippen LogP contribution is -2.43. The van der Waals surface area contributed by atoms with Gasteiger partial charge in [0.2, 0.25) is 0 Å². The number of carbonyl (C=O) groups excluding carboxylic acids is 1. The molecule has 0 heterocycles. The highest BCUT2D eigenvalue weighted by Gasteiger charge is 2.23. The van der Waals surface area contributed by atoms with E-state index in [1.54, 1.807) is 20.8 Å². The van der Waals surface area contributed by atoms with E-state index in [0.717, 1.165) is 0 Å². The first-order valence-electron chi connectivity index (χ1n) is 6.49. The van der Waals surface area contributed by atoms with E-state index in [1.165, 1.54) is 6.92 Å². The number of aliphatic imine (C=N–C) groups is 1. The Morgan fingerprint density at radius 2 is 1.81 bits per heavy atom. The van der Waals surface area contributed by atoms with E-state index < -0.39 is 29.7 Å². The van der Waals surface area contributed by atoms with Crippen LogP contribution in [0, 0.1) is 0 Å². The number of alkyl carbamates (subject to hydrolysis) is 1. The van der Waals surface area contributed by atoms with Crippen LogP contribution in [-0.4, -0.2) is 52.1 Å². The van der Waals surface area contributed by atoms with Crippen molar-refractivity contribution in [2.75, 3.05) is 6.54 Å². The summed E-state index contributed by atoms with van der Waals surface area (Å²) in [6.45, 7) is 6.55. The van der Waals surface area contributed by atoms with Crippen molar-refractivity contribution in [1.29, 1.82) is 0 Å². The maximum absolute atomic E-state index is 11.5. The van der Waals surface area contributed by atoms with Crippen molar-refractivity contribution in [2.24, 2.45) is 4.99 Å². The fraction of sp³-hybridized carbons (Fsp3) is 0.692. The van der Waals surface area contributed by atoms with Crippen molar-refractivity contribution in [3.63, 3.8) is 0 Å². The zero-order chi connectivity index (χ0) is 16.6. The average Bonchev–Trinajstić information content (AvgIpc) is 2.29. The molecule has 1 atom stereocenters. The van der Waals surface area contributed by atoms with Crippen LogP contribution in [0.25, 0.3) is 0 Å². The molecule has 0 aromatic heterocycles. The average molecular weight is 302 g/mol. The minimum Gasteiger partial charge on any atom is -0.480 e. The van der Waals surface area contributed by atoms with Crippen molar-refractivity contribution in [1.82, 2.24) is 5.32 Å². The van der Waals surface area contributed by atoms with Crippen molar-refractivity contribution < 1.29 is 29.3 Å². The Bertz CT molecular complexity index is 425. The third kappa shape index (κ3) is 9.42. The first kappa shape index (κ1) is 18.9. The Balaban J connectivity index is 4.33. The molecule has 0 unspecified atom stereocenters. The summed E-state index contributed by atoms with van der Waals surface area (Å²) in [6.07, 6.45) is -0.345. The molecule has 8 heteroatoms. The minimum atomic E-state index is -1.18. The Morgan fingerprint density at radius 3 is 2.24 bits per heavy atom. The Kier molecular flexibility index (Phi) is 7.40. The smallest absolute Gasteiger partial charge is 0.408 e. The van der Waals surface area contributed by atoms with Crippen LogP contribution < -0.4 is 5.32 Å². The largest absolute Gasteiger partial charge is 0.480 e. The monoisotopic (exact) mass is 302 g/mol. The highest BCUT2D eigenvalue weighted by molar-refractivity contribution is 6.34. The Labute approximate surface area is 123 Å². The topological polar surface area (TPSA) is 125 Å². The molecule has 0 bridgehead atoms. The van der Waals surface area contributed by atoms with Crippen molar-refractivity contribution in [2.45, 2.75) is 52.2 Å². The lowest BCUT2D eigenvalue weighted by molar-refractivity contribution is -0.139. The van der Waals surface area contributed by atoms with Crippen LogP contribution >= 0.6 is 0 Å². The van der Waals surface area contributed by atoms with E-state index in [-0.39, 0.29) is 18.7 Å². The Morgan fingerprint density at radius 1 is 1.24 bits per heavy atom. The van der Waals surface area contributed by atoms with E-state index in [2.05, 4.69) is 10.3 Å². The summed E-state index contributed by atoms with van der Waals surface area (Å²) in [4.78, 5) is 36.8. The SMILES string of the molecule is CC(=NCCC[C@H](NC(=O)OC(C)(C)C)C(=O)O)C(=O)O. The maximum Gasteiger partial charge on any atom is 0.408 e. The second-order valence-electron chi connectivity index (χ2n) is 5.45. The molecular formula is C13H22N2O6. The van der Waals surface area contributed by atoms with Gasteiger partial charge in [-0.15, -0.1) is 0 Å². The molecule has 120 valence electrons. The van der Waals surface area contributed by atoms with Gasteiger partial charge < -0.3 is 20.3 Å². The van der Waals surface area contributed by atoms with Crippen LogP contribution in [0.2, 0.25) is 0 Å². The summed E-state index contributed by atoms with van der Waals surface area (Å²) < 4.78 is 4.98. The third-order valence-electron chi connectivity index (χ3n) is 2.30. The zero-order valence-corrected chi connectivity index (χ0v) is 12.7. The first-order chi connectivity index (χ1) is 9.53. The van der Waals surface area contributed by atoms with E-state index in [1.807, 2.05) is 0 Å². The van der Waals surface area contributed by atoms with Crippen molar-refractivity contribution in [3.8, 4) is 0 Å². The van der Waals surface area contributed by atoms with Gasteiger partial charge in [0.1, 0.15) is 17.4 Å². The summed E-state index contributed by atoms with van der Waals surface area (Å²) in [7, 11) is 0. The highest BCUT2D eigenvalue weighted by atomic mass is 16.6. The van der Waals surface area contributed by atoms with Gasteiger partial charge in [0, 0.05) is 6.54 Å². The van der Waals surface area contributed by atoms with Gasteiger partial charge in [-0.1, -0.05) is 0 Å². The lowest BCUT2D eigenvalue weighted by Gasteiger charge is -2.21. The summed E-state index contributed by atoms with van der Waals surface area (Å²) >= 11 is 0. The molecule has 0 rings (SSSR count). The number of aliphatic carboxylic acids is 2. The van der Waals surface area contributed by atoms with Gasteiger partial charge in [-0.25, -0.2) is 14.4 Å². The predicted molar refractivity (Wildman–Crippen MR) is 75.6 cm³/mol. The number of hydrogen-bond acceptors (Lipinski definition) is 5. The summed E-state index contributed by atoms with van der Waals surface area (Å²) in [5, 5.41) is 19.9. The van der Waals surface area contributed by atoms with E-state index in [0.29, 0.717) is 6.42 Å². The number of ether oxygens (including phenoxy) is 1. The quantitative estimate of drug-likeness (QED) is 0.480. The molecule has 0 saturated carbocycles. The fourth-order valence-corrected chi connectivity index (χ4v) is 1.32. The molecule has 0 aliphatic heterocycles. The molecule has 0 fully saturated rings. The van der Waals surface area contributed by atoms with Crippen LogP contribution in [0.15, 0.2) is 4.99 Å². The molecule has 0 aromatic carbocycles. The summed E-state index contributed by atoms with van der Waals surface area (Å²) in [5.74, 6) is -2.29. The van der Waals surface area contributed by atoms with Gasteiger partial charge in [-0.05, 0) is 40.5 Å². The highest BCUT2D eigenvalue weighted by Crippen LogP contribution is 2.08. The van der Waals surface area contributed by atoms with Crippen LogP contribution in [0.3, 0.4) is 0 Å². The molecule has 0 aliphatic rings. The molecule has 0 radical (unpaired) electrons. The van der Waals surface area contributed by atoms with Gasteiger partial charge in [0.05, 0.1) is 0 Å². The Hall–Kier alpha value is -2.12. The van der Waals surface area contributed by atoms with E-state index >= 15 is 0 Å². The summed E-state index contributed by atoms with van der Waals surface area (Å²) in [6, 6.07) is -1.10. The molecule has 0 aromatic rings. The van der Waals surface area contributed by atoms with E-state index in [4.69, 9.17) is 14.9 Å². The number of carbonyl (C=O) groups is 3. The lowest BCUT2D eigenvalue weighted by atomic mass is 10.1. The molecule has 3 N–H and O–H groups in total. The van der Waals surface area contributed by atoms with Gasteiger partial charge in [-0.2, -0.15) is 0 Å². The number of nitrogens with one attached hydrogen (secondary N) is 1. The van der Waals surface area contributed by atoms with Crippen LogP contribution in [0.1, 0.15) is 40.5 Å². The maximum atomic E-state index is 11.5. The second kappa shape index (κ2) is 8.23. The number of hydrogen-bond donors (Lipinski definition) is 3. The van der Waals surface area contributed by atoms with Gasteiger partial charge in [0.15, 0.2) is 0 Å². The van der Waals surface area contributed by atoms with Gasteiger partial charge in [-0.3, -0.25) is 4.99 Å². The third-order valence-corrected chi connectivity index (χ3v) is 2.30. The molecular weight excluding hydrogens is 280 g/mol. The predicted octanol–water partition coefficient (Wildman–Crippen LogP) is 1.29. The second-order valence-corrected chi connectivity index (χ2v) is 5.45.